The molecule has 0 amide bonds. The minimum absolute atomic E-state index is 0.259. The van der Waals surface area contributed by atoms with E-state index < -0.39 is 0 Å². The van der Waals surface area contributed by atoms with Gasteiger partial charge in [-0.15, -0.1) is 0 Å². The third-order valence-electron chi connectivity index (χ3n) is 2.90. The van der Waals surface area contributed by atoms with Crippen molar-refractivity contribution in [3.8, 4) is 17.7 Å². The van der Waals surface area contributed by atoms with Gasteiger partial charge in [0.15, 0.2) is 0 Å². The lowest BCUT2D eigenvalue weighted by Gasteiger charge is -2.15. The summed E-state index contributed by atoms with van der Waals surface area (Å²) in [5, 5.41) is 3.82. The van der Waals surface area contributed by atoms with Gasteiger partial charge in [0.1, 0.15) is 0 Å². The van der Waals surface area contributed by atoms with Crippen LogP contribution < -0.4 is 9.64 Å². The van der Waals surface area contributed by atoms with Crippen molar-refractivity contribution in [2.45, 2.75) is 19.8 Å². The van der Waals surface area contributed by atoms with Gasteiger partial charge in [0, 0.05) is 20.0 Å². The number of hydrogen-bond acceptors (Lipinski definition) is 8. The molecule has 3 rings (SSSR count). The van der Waals surface area contributed by atoms with E-state index in [0.29, 0.717) is 23.5 Å². The van der Waals surface area contributed by atoms with Crippen LogP contribution in [0.25, 0.3) is 11.6 Å². The van der Waals surface area contributed by atoms with E-state index in [1.807, 2.05) is 0 Å². The smallest absolute Gasteiger partial charge is 0.321 e. The molecule has 1 saturated heterocycles. The first-order chi connectivity index (χ1) is 9.26. The molecule has 1 aliphatic heterocycles. The van der Waals surface area contributed by atoms with Crippen molar-refractivity contribution in [2.75, 3.05) is 25.1 Å². The number of nitrogens with zero attached hydrogens (tertiary/aromatic N) is 6. The molecule has 2 aromatic rings. The highest BCUT2D eigenvalue weighted by molar-refractivity contribution is 5.46. The van der Waals surface area contributed by atoms with E-state index in [9.17, 15) is 0 Å². The topological polar surface area (TPSA) is 90.1 Å². The molecule has 19 heavy (non-hydrogen) atoms. The van der Waals surface area contributed by atoms with Crippen LogP contribution in [-0.4, -0.2) is 45.3 Å². The van der Waals surface area contributed by atoms with E-state index in [1.54, 1.807) is 6.92 Å². The normalized spacial score (nSPS) is 14.9. The molecule has 3 heterocycles. The Balaban J connectivity index is 2.01. The maximum Gasteiger partial charge on any atom is 0.321 e. The van der Waals surface area contributed by atoms with E-state index >= 15 is 0 Å². The minimum Gasteiger partial charge on any atom is -0.467 e. The summed E-state index contributed by atoms with van der Waals surface area (Å²) in [6, 6.07) is 0.259. The molecule has 8 heteroatoms. The molecule has 0 aromatic carbocycles. The molecule has 0 saturated carbocycles. The maximum absolute atomic E-state index is 5.11. The van der Waals surface area contributed by atoms with Gasteiger partial charge in [-0.25, -0.2) is 0 Å². The van der Waals surface area contributed by atoms with E-state index in [0.717, 1.165) is 25.9 Å². The lowest BCUT2D eigenvalue weighted by Crippen LogP contribution is -2.21. The Morgan fingerprint density at radius 2 is 1.84 bits per heavy atom. The molecule has 8 nitrogen and oxygen atoms in total. The van der Waals surface area contributed by atoms with Crippen molar-refractivity contribution in [3.05, 3.63) is 5.89 Å². The van der Waals surface area contributed by atoms with Crippen LogP contribution in [0.5, 0.6) is 6.01 Å². The second kappa shape index (κ2) is 4.79. The molecule has 0 radical (unpaired) electrons. The van der Waals surface area contributed by atoms with E-state index in [1.165, 1.54) is 7.11 Å². The van der Waals surface area contributed by atoms with Gasteiger partial charge in [-0.05, 0) is 12.8 Å². The molecular formula is C11H14N6O2. The zero-order chi connectivity index (χ0) is 13.2. The Labute approximate surface area is 109 Å². The maximum atomic E-state index is 5.11. The lowest BCUT2D eigenvalue weighted by molar-refractivity contribution is 0.377. The lowest BCUT2D eigenvalue weighted by atomic mass is 10.4. The quantitative estimate of drug-likeness (QED) is 0.803. The van der Waals surface area contributed by atoms with Crippen LogP contribution in [0.15, 0.2) is 4.52 Å². The highest BCUT2D eigenvalue weighted by Gasteiger charge is 2.20. The Hall–Kier alpha value is -2.25. The van der Waals surface area contributed by atoms with Crippen molar-refractivity contribution in [1.29, 1.82) is 0 Å². The van der Waals surface area contributed by atoms with E-state index in [2.05, 4.69) is 30.0 Å². The van der Waals surface area contributed by atoms with Gasteiger partial charge in [-0.3, -0.25) is 0 Å². The second-order valence-electron chi connectivity index (χ2n) is 4.28. The van der Waals surface area contributed by atoms with Gasteiger partial charge in [0.05, 0.1) is 7.11 Å². The van der Waals surface area contributed by atoms with Gasteiger partial charge >= 0.3 is 6.01 Å². The SMILES string of the molecule is COc1nc(-c2noc(C)n2)nc(N2CCCC2)n1. The fourth-order valence-corrected chi connectivity index (χ4v) is 1.99. The summed E-state index contributed by atoms with van der Waals surface area (Å²) < 4.78 is 10.1. The molecule has 1 aliphatic rings. The Bertz CT molecular complexity index is 578. The van der Waals surface area contributed by atoms with Gasteiger partial charge < -0.3 is 14.2 Å². The number of aromatic nitrogens is 5. The van der Waals surface area contributed by atoms with E-state index in [-0.39, 0.29) is 6.01 Å². The molecule has 0 aliphatic carbocycles. The molecule has 0 atom stereocenters. The number of ether oxygens (including phenoxy) is 1. The van der Waals surface area contributed by atoms with Gasteiger partial charge in [-0.1, -0.05) is 5.16 Å². The highest BCUT2D eigenvalue weighted by Crippen LogP contribution is 2.21. The van der Waals surface area contributed by atoms with Crippen molar-refractivity contribution in [1.82, 2.24) is 25.1 Å². The average molecular weight is 262 g/mol. The monoisotopic (exact) mass is 262 g/mol. The fourth-order valence-electron chi connectivity index (χ4n) is 1.99. The molecule has 0 spiro atoms. The minimum atomic E-state index is 0.259. The standard InChI is InChI=1S/C11H14N6O2/c1-7-12-9(16-19-7)8-13-10(15-11(14-8)18-2)17-5-3-4-6-17/h3-6H2,1-2H3. The summed E-state index contributed by atoms with van der Waals surface area (Å²) >= 11 is 0. The van der Waals surface area contributed by atoms with Gasteiger partial charge in [-0.2, -0.15) is 19.9 Å². The van der Waals surface area contributed by atoms with Crippen LogP contribution in [-0.2, 0) is 0 Å². The first-order valence-electron chi connectivity index (χ1n) is 6.12. The summed E-state index contributed by atoms with van der Waals surface area (Å²) in [5.41, 5.74) is 0. The molecule has 2 aromatic heterocycles. The average Bonchev–Trinajstić information content (AvgIpc) is 3.09. The van der Waals surface area contributed by atoms with E-state index in [4.69, 9.17) is 9.26 Å². The van der Waals surface area contributed by atoms with Crippen LogP contribution in [0.3, 0.4) is 0 Å². The van der Waals surface area contributed by atoms with Crippen LogP contribution in [0.2, 0.25) is 0 Å². The zero-order valence-corrected chi connectivity index (χ0v) is 10.8. The zero-order valence-electron chi connectivity index (χ0n) is 10.8. The number of hydrogen-bond donors (Lipinski definition) is 0. The van der Waals surface area contributed by atoms with Gasteiger partial charge in [0.25, 0.3) is 0 Å². The number of anilines is 1. The largest absolute Gasteiger partial charge is 0.467 e. The summed E-state index contributed by atoms with van der Waals surface area (Å²) in [6.07, 6.45) is 2.29. The van der Waals surface area contributed by atoms with Crippen molar-refractivity contribution in [2.24, 2.45) is 0 Å². The molecule has 0 N–H and O–H groups in total. The Morgan fingerprint density at radius 3 is 2.47 bits per heavy atom. The summed E-state index contributed by atoms with van der Waals surface area (Å²) in [4.78, 5) is 19.0. The molecular weight excluding hydrogens is 248 g/mol. The first kappa shape index (κ1) is 11.8. The van der Waals surface area contributed by atoms with Crippen molar-refractivity contribution >= 4 is 5.95 Å². The van der Waals surface area contributed by atoms with Crippen LogP contribution in [0.4, 0.5) is 5.95 Å². The number of aryl methyl sites for hydroxylation is 1. The summed E-state index contributed by atoms with van der Waals surface area (Å²) in [7, 11) is 1.52. The first-order valence-corrected chi connectivity index (χ1v) is 6.12. The van der Waals surface area contributed by atoms with Crippen molar-refractivity contribution in [3.63, 3.8) is 0 Å². The third-order valence-corrected chi connectivity index (χ3v) is 2.90. The number of rotatable bonds is 3. The molecule has 0 bridgehead atoms. The summed E-state index contributed by atoms with van der Waals surface area (Å²) in [6.45, 7) is 3.60. The van der Waals surface area contributed by atoms with Crippen LogP contribution in [0, 0.1) is 6.92 Å². The fraction of sp³-hybridized carbons (Fsp3) is 0.545. The highest BCUT2D eigenvalue weighted by atomic mass is 16.5. The van der Waals surface area contributed by atoms with Crippen molar-refractivity contribution < 1.29 is 9.26 Å². The Morgan fingerprint density at radius 1 is 1.05 bits per heavy atom. The van der Waals surface area contributed by atoms with Gasteiger partial charge in [0.2, 0.25) is 23.5 Å². The molecule has 1 fully saturated rings. The Kier molecular flexibility index (Phi) is 2.98. The predicted octanol–water partition coefficient (Wildman–Crippen LogP) is 0.839. The predicted molar refractivity (Wildman–Crippen MR) is 65.9 cm³/mol. The molecule has 0 unspecified atom stereocenters. The molecule has 100 valence electrons. The number of methoxy groups -OCH3 is 1. The van der Waals surface area contributed by atoms with Crippen LogP contribution >= 0.6 is 0 Å². The van der Waals surface area contributed by atoms with Crippen LogP contribution in [0.1, 0.15) is 18.7 Å². The second-order valence-corrected chi connectivity index (χ2v) is 4.28. The summed E-state index contributed by atoms with van der Waals surface area (Å²) in [5.74, 6) is 1.78. The third kappa shape index (κ3) is 2.33.